The fourth-order valence-corrected chi connectivity index (χ4v) is 2.91. The number of rotatable bonds is 3. The van der Waals surface area contributed by atoms with Gasteiger partial charge in [-0.3, -0.25) is 9.20 Å². The highest BCUT2D eigenvalue weighted by molar-refractivity contribution is 9.10. The van der Waals surface area contributed by atoms with Crippen molar-refractivity contribution in [3.8, 4) is 0 Å². The average molecular weight is 356 g/mol. The molecule has 20 heavy (non-hydrogen) atoms. The molecule has 0 aliphatic heterocycles. The monoisotopic (exact) mass is 355 g/mol. The van der Waals surface area contributed by atoms with Crippen molar-refractivity contribution in [3.63, 3.8) is 0 Å². The molecule has 0 bridgehead atoms. The summed E-state index contributed by atoms with van der Waals surface area (Å²) < 4.78 is 7.27. The molecule has 0 fully saturated rings. The van der Waals surface area contributed by atoms with Crippen LogP contribution >= 0.6 is 28.6 Å². The van der Waals surface area contributed by atoms with Gasteiger partial charge in [0.25, 0.3) is 5.56 Å². The van der Waals surface area contributed by atoms with E-state index in [1.165, 1.54) is 4.40 Å². The maximum atomic E-state index is 12.4. The van der Waals surface area contributed by atoms with E-state index < -0.39 is 11.5 Å². The number of pyridine rings is 2. The van der Waals surface area contributed by atoms with Crippen LogP contribution in [0.25, 0.3) is 5.52 Å². The van der Waals surface area contributed by atoms with E-state index >= 15 is 0 Å². The lowest BCUT2D eigenvalue weighted by Crippen LogP contribution is -2.25. The molecule has 0 amide bonds. The first-order valence-electron chi connectivity index (χ1n) is 6.24. The maximum Gasteiger partial charge on any atom is 0.344 e. The summed E-state index contributed by atoms with van der Waals surface area (Å²) >= 11 is 7.76. The third-order valence-corrected chi connectivity index (χ3v) is 4.00. The molecule has 0 unspecified atom stereocenters. The molecular formula is C14H14BrNO3S. The standard InChI is InChI=1S/C14H14BrNO3S/c1-3-9-10-7-8(15)5-6-16(10)13(17)11(12(9)20)14(18)19-4-2/h5-7,20H,3-4H2,1-2H3. The smallest absolute Gasteiger partial charge is 0.344 e. The first-order chi connectivity index (χ1) is 9.51. The molecule has 2 aromatic rings. The SMILES string of the molecule is CCOC(=O)c1c(S)c(CC)c2cc(Br)ccn2c1=O. The lowest BCUT2D eigenvalue weighted by atomic mass is 10.1. The van der Waals surface area contributed by atoms with Gasteiger partial charge in [0.05, 0.1) is 12.1 Å². The second-order valence-corrected chi connectivity index (χ2v) is 5.54. The molecule has 0 radical (unpaired) electrons. The molecule has 106 valence electrons. The van der Waals surface area contributed by atoms with Gasteiger partial charge in [-0.1, -0.05) is 22.9 Å². The summed E-state index contributed by atoms with van der Waals surface area (Å²) in [5.74, 6) is -0.630. The van der Waals surface area contributed by atoms with Gasteiger partial charge in [0.2, 0.25) is 0 Å². The van der Waals surface area contributed by atoms with Gasteiger partial charge in [-0.2, -0.15) is 0 Å². The predicted octanol–water partition coefficient (Wildman–Crippen LogP) is 3.09. The van der Waals surface area contributed by atoms with Crippen LogP contribution in [0.15, 0.2) is 32.5 Å². The van der Waals surface area contributed by atoms with Crippen LogP contribution in [0.3, 0.4) is 0 Å². The van der Waals surface area contributed by atoms with E-state index in [9.17, 15) is 9.59 Å². The van der Waals surface area contributed by atoms with Crippen LogP contribution in [0.4, 0.5) is 0 Å². The zero-order valence-electron chi connectivity index (χ0n) is 11.1. The quantitative estimate of drug-likeness (QED) is 0.679. The van der Waals surface area contributed by atoms with Gasteiger partial charge >= 0.3 is 5.97 Å². The molecule has 2 rings (SSSR count). The van der Waals surface area contributed by atoms with Crippen molar-refractivity contribution in [2.75, 3.05) is 6.61 Å². The lowest BCUT2D eigenvalue weighted by molar-refractivity contribution is 0.0519. The molecule has 0 N–H and O–H groups in total. The molecule has 2 heterocycles. The number of hydrogen-bond donors (Lipinski definition) is 1. The molecule has 0 saturated heterocycles. The minimum absolute atomic E-state index is 0.00754. The first kappa shape index (κ1) is 15.1. The van der Waals surface area contributed by atoms with Crippen LogP contribution < -0.4 is 5.56 Å². The lowest BCUT2D eigenvalue weighted by Gasteiger charge is -2.13. The minimum Gasteiger partial charge on any atom is -0.462 e. The topological polar surface area (TPSA) is 47.8 Å². The van der Waals surface area contributed by atoms with Crippen molar-refractivity contribution in [2.45, 2.75) is 25.2 Å². The van der Waals surface area contributed by atoms with Crippen molar-refractivity contribution in [1.82, 2.24) is 4.40 Å². The third-order valence-electron chi connectivity index (χ3n) is 3.01. The Hall–Kier alpha value is -1.27. The Kier molecular flexibility index (Phi) is 4.55. The van der Waals surface area contributed by atoms with Crippen molar-refractivity contribution >= 4 is 40.0 Å². The van der Waals surface area contributed by atoms with Crippen LogP contribution in [0.2, 0.25) is 0 Å². The van der Waals surface area contributed by atoms with Crippen molar-refractivity contribution in [1.29, 1.82) is 0 Å². The van der Waals surface area contributed by atoms with Crippen LogP contribution in [0, 0.1) is 0 Å². The summed E-state index contributed by atoms with van der Waals surface area (Å²) in [7, 11) is 0. The second kappa shape index (κ2) is 6.01. The fourth-order valence-electron chi connectivity index (χ4n) is 2.11. The molecule has 0 aromatic carbocycles. The number of hydrogen-bond acceptors (Lipinski definition) is 4. The van der Waals surface area contributed by atoms with E-state index in [0.29, 0.717) is 11.3 Å². The van der Waals surface area contributed by atoms with Gasteiger partial charge in [-0.15, -0.1) is 12.6 Å². The van der Waals surface area contributed by atoms with E-state index in [-0.39, 0.29) is 12.2 Å². The van der Waals surface area contributed by atoms with E-state index in [4.69, 9.17) is 4.74 Å². The third kappa shape index (κ3) is 2.50. The summed E-state index contributed by atoms with van der Waals surface area (Å²) in [6.45, 7) is 3.87. The Morgan fingerprint density at radius 3 is 2.75 bits per heavy atom. The van der Waals surface area contributed by atoms with Gasteiger partial charge < -0.3 is 4.74 Å². The van der Waals surface area contributed by atoms with E-state index in [2.05, 4.69) is 28.6 Å². The Labute approximate surface area is 130 Å². The molecule has 0 atom stereocenters. The predicted molar refractivity (Wildman–Crippen MR) is 84.0 cm³/mol. The Balaban J connectivity index is 2.88. The molecular weight excluding hydrogens is 342 g/mol. The zero-order chi connectivity index (χ0) is 14.9. The summed E-state index contributed by atoms with van der Waals surface area (Å²) in [5, 5.41) is 0. The van der Waals surface area contributed by atoms with Gasteiger partial charge in [-0.25, -0.2) is 4.79 Å². The minimum atomic E-state index is -0.630. The van der Waals surface area contributed by atoms with E-state index in [1.807, 2.05) is 13.0 Å². The number of aromatic nitrogens is 1. The van der Waals surface area contributed by atoms with E-state index in [0.717, 1.165) is 15.6 Å². The number of carbonyl (C=O) groups excluding carboxylic acids is 1. The number of aryl methyl sites for hydroxylation is 1. The second-order valence-electron chi connectivity index (χ2n) is 4.18. The Morgan fingerprint density at radius 2 is 2.15 bits per heavy atom. The highest BCUT2D eigenvalue weighted by Gasteiger charge is 2.21. The van der Waals surface area contributed by atoms with Crippen molar-refractivity contribution < 1.29 is 9.53 Å². The van der Waals surface area contributed by atoms with Crippen LogP contribution in [0.1, 0.15) is 29.8 Å². The molecule has 0 spiro atoms. The van der Waals surface area contributed by atoms with Crippen molar-refractivity contribution in [2.24, 2.45) is 0 Å². The summed E-state index contributed by atoms with van der Waals surface area (Å²) in [6.07, 6.45) is 2.29. The summed E-state index contributed by atoms with van der Waals surface area (Å²) in [4.78, 5) is 24.8. The number of thiol groups is 1. The molecule has 4 nitrogen and oxygen atoms in total. The largest absolute Gasteiger partial charge is 0.462 e. The number of nitrogens with zero attached hydrogens (tertiary/aromatic N) is 1. The maximum absolute atomic E-state index is 12.4. The van der Waals surface area contributed by atoms with Crippen molar-refractivity contribution in [3.05, 3.63) is 44.3 Å². The summed E-state index contributed by atoms with van der Waals surface area (Å²) in [5.41, 5.74) is 1.17. The van der Waals surface area contributed by atoms with Gasteiger partial charge in [0, 0.05) is 15.6 Å². The number of carbonyl (C=O) groups is 1. The number of ether oxygens (including phenoxy) is 1. The van der Waals surface area contributed by atoms with E-state index in [1.54, 1.807) is 19.2 Å². The van der Waals surface area contributed by atoms with Gasteiger partial charge in [-0.05, 0) is 31.0 Å². The molecule has 2 aromatic heterocycles. The van der Waals surface area contributed by atoms with Crippen LogP contribution in [-0.4, -0.2) is 17.0 Å². The highest BCUT2D eigenvalue weighted by Crippen LogP contribution is 2.24. The number of halogens is 1. The molecule has 0 saturated carbocycles. The number of esters is 1. The fraction of sp³-hybridized carbons (Fsp3) is 0.286. The molecule has 0 aliphatic carbocycles. The van der Waals surface area contributed by atoms with Gasteiger partial charge in [0.15, 0.2) is 0 Å². The Morgan fingerprint density at radius 1 is 1.45 bits per heavy atom. The molecule has 6 heteroatoms. The highest BCUT2D eigenvalue weighted by atomic mass is 79.9. The summed E-state index contributed by atoms with van der Waals surface area (Å²) in [6, 6.07) is 3.59. The number of fused-ring (bicyclic) bond motifs is 1. The first-order valence-corrected chi connectivity index (χ1v) is 7.48. The normalized spacial score (nSPS) is 10.8. The Bertz CT molecular complexity index is 739. The average Bonchev–Trinajstić information content (AvgIpc) is 2.39. The van der Waals surface area contributed by atoms with Gasteiger partial charge in [0.1, 0.15) is 5.56 Å². The van der Waals surface area contributed by atoms with Crippen LogP contribution in [-0.2, 0) is 11.2 Å². The molecule has 0 aliphatic rings. The van der Waals surface area contributed by atoms with Crippen LogP contribution in [0.5, 0.6) is 0 Å². The zero-order valence-corrected chi connectivity index (χ0v) is 13.6.